The Bertz CT molecular complexity index is 915. The highest BCUT2D eigenvalue weighted by Gasteiger charge is 2.25. The van der Waals surface area contributed by atoms with Gasteiger partial charge in [0.25, 0.3) is 5.91 Å². The van der Waals surface area contributed by atoms with Gasteiger partial charge in [-0.3, -0.25) is 9.69 Å². The van der Waals surface area contributed by atoms with E-state index in [4.69, 9.17) is 27.9 Å². The Balaban J connectivity index is 1.40. The lowest BCUT2D eigenvalue weighted by Gasteiger charge is -2.35. The van der Waals surface area contributed by atoms with Crippen molar-refractivity contribution in [3.05, 3.63) is 33.9 Å². The third-order valence-corrected chi connectivity index (χ3v) is 5.51. The topological polar surface area (TPSA) is 77.7 Å². The molecule has 0 bridgehead atoms. The lowest BCUT2D eigenvalue weighted by Crippen LogP contribution is -2.50. The quantitative estimate of drug-likeness (QED) is 0.665. The molecule has 9 heteroatoms. The molecule has 1 aliphatic rings. The van der Waals surface area contributed by atoms with Crippen molar-refractivity contribution in [2.45, 2.75) is 32.8 Å². The van der Waals surface area contributed by atoms with Gasteiger partial charge in [0, 0.05) is 48.6 Å². The number of carbonyl (C=O) groups is 2. The van der Waals surface area contributed by atoms with Crippen molar-refractivity contribution in [3.8, 4) is 0 Å². The Morgan fingerprint density at radius 3 is 2.53 bits per heavy atom. The number of benzene rings is 1. The molecule has 0 atom stereocenters. The zero-order chi connectivity index (χ0) is 21.9. The molecule has 2 aromatic rings. The summed E-state index contributed by atoms with van der Waals surface area (Å²) in [6.45, 7) is 9.87. The third-order valence-electron chi connectivity index (χ3n) is 4.88. The number of hydrogen-bond donors (Lipinski definition) is 2. The van der Waals surface area contributed by atoms with Crippen LogP contribution in [0.5, 0.6) is 0 Å². The van der Waals surface area contributed by atoms with Gasteiger partial charge in [0.15, 0.2) is 0 Å². The fourth-order valence-corrected chi connectivity index (χ4v) is 3.82. The van der Waals surface area contributed by atoms with Gasteiger partial charge < -0.3 is 19.9 Å². The Labute approximate surface area is 186 Å². The van der Waals surface area contributed by atoms with E-state index in [1.165, 1.54) is 0 Å². The molecular weight excluding hydrogens is 427 g/mol. The first-order valence-electron chi connectivity index (χ1n) is 10.1. The summed E-state index contributed by atoms with van der Waals surface area (Å²) < 4.78 is 5.42. The summed E-state index contributed by atoms with van der Waals surface area (Å²) in [6, 6.07) is 5.29. The first-order chi connectivity index (χ1) is 14.1. The number of hydrogen-bond acceptors (Lipinski definition) is 4. The lowest BCUT2D eigenvalue weighted by molar-refractivity contribution is 0.0144. The van der Waals surface area contributed by atoms with E-state index in [0.29, 0.717) is 35.4 Å². The average Bonchev–Trinajstić information content (AvgIpc) is 3.00. The van der Waals surface area contributed by atoms with Crippen molar-refractivity contribution in [3.63, 3.8) is 0 Å². The summed E-state index contributed by atoms with van der Waals surface area (Å²) in [5.41, 5.74) is 0.643. The number of H-pyrrole nitrogens is 1. The number of aromatic nitrogens is 1. The number of rotatable bonds is 5. The van der Waals surface area contributed by atoms with Crippen LogP contribution in [-0.2, 0) is 4.74 Å². The van der Waals surface area contributed by atoms with Crippen molar-refractivity contribution in [2.24, 2.45) is 0 Å². The van der Waals surface area contributed by atoms with E-state index in [1.54, 1.807) is 23.1 Å². The molecule has 1 fully saturated rings. The summed E-state index contributed by atoms with van der Waals surface area (Å²) in [4.78, 5) is 31.7. The molecule has 2 N–H and O–H groups in total. The van der Waals surface area contributed by atoms with E-state index in [2.05, 4.69) is 15.2 Å². The molecule has 0 spiro atoms. The fraction of sp³-hybridized carbons (Fsp3) is 0.524. The number of aromatic amines is 1. The summed E-state index contributed by atoms with van der Waals surface area (Å²) in [7, 11) is 0. The molecule has 2 amide bonds. The molecule has 3 rings (SSSR count). The van der Waals surface area contributed by atoms with Crippen LogP contribution in [0.4, 0.5) is 4.79 Å². The van der Waals surface area contributed by atoms with Crippen LogP contribution in [0.15, 0.2) is 18.2 Å². The molecule has 1 aliphatic heterocycles. The molecule has 1 saturated heterocycles. The number of nitrogens with one attached hydrogen (secondary N) is 2. The van der Waals surface area contributed by atoms with E-state index in [9.17, 15) is 9.59 Å². The molecule has 0 unspecified atom stereocenters. The number of halogens is 2. The van der Waals surface area contributed by atoms with Crippen LogP contribution in [-0.4, -0.2) is 71.7 Å². The van der Waals surface area contributed by atoms with Gasteiger partial charge in [-0.1, -0.05) is 23.2 Å². The molecule has 0 radical (unpaired) electrons. The molecule has 164 valence electrons. The van der Waals surface area contributed by atoms with E-state index in [1.807, 2.05) is 20.8 Å². The number of ether oxygens (including phenoxy) is 1. The van der Waals surface area contributed by atoms with Crippen LogP contribution in [0, 0.1) is 0 Å². The number of carbonyl (C=O) groups excluding carboxylic acids is 2. The highest BCUT2D eigenvalue weighted by atomic mass is 35.5. The monoisotopic (exact) mass is 454 g/mol. The lowest BCUT2D eigenvalue weighted by atomic mass is 10.2. The second-order valence-corrected chi connectivity index (χ2v) is 9.24. The van der Waals surface area contributed by atoms with Gasteiger partial charge in [-0.25, -0.2) is 4.79 Å². The van der Waals surface area contributed by atoms with E-state index < -0.39 is 5.60 Å². The Kier molecular flexibility index (Phi) is 7.16. The maximum absolute atomic E-state index is 12.5. The minimum Gasteiger partial charge on any atom is -0.444 e. The van der Waals surface area contributed by atoms with Crippen LogP contribution in [0.1, 0.15) is 37.7 Å². The number of amides is 2. The van der Waals surface area contributed by atoms with Gasteiger partial charge in [0.05, 0.1) is 5.02 Å². The maximum atomic E-state index is 12.5. The van der Waals surface area contributed by atoms with Crippen molar-refractivity contribution in [2.75, 3.05) is 39.3 Å². The fourth-order valence-electron chi connectivity index (χ4n) is 3.36. The number of nitrogens with zero attached hydrogens (tertiary/aromatic N) is 2. The second-order valence-electron chi connectivity index (χ2n) is 8.42. The van der Waals surface area contributed by atoms with Crippen molar-refractivity contribution in [1.82, 2.24) is 20.1 Å². The predicted molar refractivity (Wildman–Crippen MR) is 120 cm³/mol. The molecule has 7 nitrogen and oxygen atoms in total. The number of fused-ring (bicyclic) bond motifs is 1. The van der Waals surface area contributed by atoms with Gasteiger partial charge in [-0.15, -0.1) is 0 Å². The highest BCUT2D eigenvalue weighted by Crippen LogP contribution is 2.29. The predicted octanol–water partition coefficient (Wildman–Crippen LogP) is 4.15. The first-order valence-corrected chi connectivity index (χ1v) is 10.8. The zero-order valence-electron chi connectivity index (χ0n) is 17.6. The third kappa shape index (κ3) is 5.80. The second kappa shape index (κ2) is 9.45. The van der Waals surface area contributed by atoms with Gasteiger partial charge in [-0.2, -0.15) is 0 Å². The van der Waals surface area contributed by atoms with Crippen molar-refractivity contribution >= 4 is 46.1 Å². The molecule has 2 heterocycles. The minimum atomic E-state index is -0.480. The van der Waals surface area contributed by atoms with E-state index in [-0.39, 0.29) is 12.0 Å². The highest BCUT2D eigenvalue weighted by molar-refractivity contribution is 6.39. The zero-order valence-corrected chi connectivity index (χ0v) is 19.1. The SMILES string of the molecule is CC(C)(C)OC(=O)N1CCN(CCCNC(=O)c2[nH]c3ccc(Cl)cc3c2Cl)CC1. The van der Waals surface area contributed by atoms with Gasteiger partial charge in [0.1, 0.15) is 11.3 Å². The van der Waals surface area contributed by atoms with Crippen molar-refractivity contribution in [1.29, 1.82) is 0 Å². The van der Waals surface area contributed by atoms with Gasteiger partial charge in [0.2, 0.25) is 0 Å². The summed E-state index contributed by atoms with van der Waals surface area (Å²) in [5, 5.41) is 4.59. The average molecular weight is 455 g/mol. The van der Waals surface area contributed by atoms with Gasteiger partial charge >= 0.3 is 6.09 Å². The number of piperazine rings is 1. The molecule has 1 aromatic carbocycles. The maximum Gasteiger partial charge on any atom is 0.410 e. The Morgan fingerprint density at radius 1 is 1.17 bits per heavy atom. The molecule has 0 aliphatic carbocycles. The van der Waals surface area contributed by atoms with E-state index >= 15 is 0 Å². The molecule has 30 heavy (non-hydrogen) atoms. The smallest absolute Gasteiger partial charge is 0.410 e. The summed E-state index contributed by atoms with van der Waals surface area (Å²) >= 11 is 12.3. The first kappa shape index (κ1) is 22.7. The molecule has 1 aromatic heterocycles. The standard InChI is InChI=1S/C21H28Cl2N4O3/c1-21(2,3)30-20(29)27-11-9-26(10-12-27)8-4-7-24-19(28)18-17(23)15-13-14(22)5-6-16(15)25-18/h5-6,13,25H,4,7-12H2,1-3H3,(H,24,28). The Morgan fingerprint density at radius 2 is 1.87 bits per heavy atom. The van der Waals surface area contributed by atoms with Crippen LogP contribution in [0.25, 0.3) is 10.9 Å². The van der Waals surface area contributed by atoms with Crippen LogP contribution < -0.4 is 5.32 Å². The molecule has 0 saturated carbocycles. The summed E-state index contributed by atoms with van der Waals surface area (Å²) in [6.07, 6.45) is 0.549. The molecular formula is C21H28Cl2N4O3. The van der Waals surface area contributed by atoms with Gasteiger partial charge in [-0.05, 0) is 51.9 Å². The van der Waals surface area contributed by atoms with E-state index in [0.717, 1.165) is 37.0 Å². The minimum absolute atomic E-state index is 0.234. The van der Waals surface area contributed by atoms with Crippen LogP contribution in [0.3, 0.4) is 0 Å². The summed E-state index contributed by atoms with van der Waals surface area (Å²) in [5.74, 6) is -0.234. The van der Waals surface area contributed by atoms with Crippen molar-refractivity contribution < 1.29 is 14.3 Å². The normalized spacial score (nSPS) is 15.4. The largest absolute Gasteiger partial charge is 0.444 e. The van der Waals surface area contributed by atoms with Crippen LogP contribution >= 0.6 is 23.2 Å². The Hall–Kier alpha value is -1.96. The van der Waals surface area contributed by atoms with Crippen LogP contribution in [0.2, 0.25) is 10.0 Å².